The van der Waals surface area contributed by atoms with Gasteiger partial charge in [-0.25, -0.2) is 0 Å². The van der Waals surface area contributed by atoms with Gasteiger partial charge >= 0.3 is 0 Å². The average Bonchev–Trinajstić information content (AvgIpc) is 1.59. The van der Waals surface area contributed by atoms with Crippen molar-refractivity contribution in [2.45, 2.75) is 33.5 Å². The molecule has 0 radical (unpaired) electrons. The smallest absolute Gasteiger partial charge is 0.0682 e. The van der Waals surface area contributed by atoms with Crippen LogP contribution in [0.3, 0.4) is 0 Å². The van der Waals surface area contributed by atoms with Crippen molar-refractivity contribution in [3.05, 3.63) is 11.8 Å². The zero-order chi connectivity index (χ0) is 7.49. The van der Waals surface area contributed by atoms with Crippen molar-refractivity contribution in [2.75, 3.05) is 0 Å². The Kier molecular flexibility index (Phi) is 3.19. The standard InChI is InChI=1S/C8H18Si/c1-8(2)6-7-9(3,4)5/h6-8H,1-5H3/b7-6+. The summed E-state index contributed by atoms with van der Waals surface area (Å²) in [6.45, 7) is 11.5. The van der Waals surface area contributed by atoms with E-state index >= 15 is 0 Å². The third kappa shape index (κ3) is 7.96. The number of hydrogen-bond donors (Lipinski definition) is 0. The molecule has 0 unspecified atom stereocenters. The molecule has 0 bridgehead atoms. The van der Waals surface area contributed by atoms with Gasteiger partial charge in [0.25, 0.3) is 0 Å². The molecule has 9 heavy (non-hydrogen) atoms. The minimum atomic E-state index is -0.901. The minimum absolute atomic E-state index is 0.719. The lowest BCUT2D eigenvalue weighted by atomic mass is 10.2. The van der Waals surface area contributed by atoms with Crippen molar-refractivity contribution in [3.63, 3.8) is 0 Å². The third-order valence-electron chi connectivity index (χ3n) is 0.981. The summed E-state index contributed by atoms with van der Waals surface area (Å²) in [7, 11) is -0.901. The second kappa shape index (κ2) is 3.21. The molecule has 0 rings (SSSR count). The lowest BCUT2D eigenvalue weighted by Crippen LogP contribution is -2.15. The Bertz CT molecular complexity index is 95.6. The SMILES string of the molecule is CC(C)/C=C/[Si](C)(C)C. The molecule has 54 valence electrons. The second-order valence-electron chi connectivity index (χ2n) is 3.97. The van der Waals surface area contributed by atoms with Gasteiger partial charge in [0.2, 0.25) is 0 Å². The quantitative estimate of drug-likeness (QED) is 0.520. The molecule has 0 N–H and O–H groups in total. The number of allylic oxidation sites excluding steroid dienone is 1. The highest BCUT2D eigenvalue weighted by molar-refractivity contribution is 6.80. The molecule has 0 aromatic carbocycles. The van der Waals surface area contributed by atoms with E-state index in [-0.39, 0.29) is 0 Å². The van der Waals surface area contributed by atoms with Crippen molar-refractivity contribution in [1.29, 1.82) is 0 Å². The van der Waals surface area contributed by atoms with Gasteiger partial charge in [-0.15, -0.1) is 0 Å². The van der Waals surface area contributed by atoms with Crippen LogP contribution < -0.4 is 0 Å². The van der Waals surface area contributed by atoms with Gasteiger partial charge in [0, 0.05) is 0 Å². The first kappa shape index (κ1) is 8.96. The molecule has 0 saturated heterocycles. The number of hydrogen-bond acceptors (Lipinski definition) is 0. The highest BCUT2D eigenvalue weighted by Gasteiger charge is 2.06. The molecule has 0 aliphatic carbocycles. The first-order valence-corrected chi connectivity index (χ1v) is 7.19. The van der Waals surface area contributed by atoms with E-state index in [0.29, 0.717) is 0 Å². The zero-order valence-corrected chi connectivity index (χ0v) is 8.23. The van der Waals surface area contributed by atoms with Crippen LogP contribution in [0.4, 0.5) is 0 Å². The van der Waals surface area contributed by atoms with E-state index in [0.717, 1.165) is 5.92 Å². The largest absolute Gasteiger partial charge is 0.0987 e. The molecule has 0 fully saturated rings. The maximum Gasteiger partial charge on any atom is 0.0682 e. The molecule has 0 aliphatic rings. The van der Waals surface area contributed by atoms with Gasteiger partial charge in [-0.3, -0.25) is 0 Å². The average molecular weight is 142 g/mol. The minimum Gasteiger partial charge on any atom is -0.0987 e. The summed E-state index contributed by atoms with van der Waals surface area (Å²) in [6.07, 6.45) is 2.31. The first-order valence-electron chi connectivity index (χ1n) is 3.61. The molecule has 0 amide bonds. The van der Waals surface area contributed by atoms with Gasteiger partial charge in [-0.05, 0) is 5.92 Å². The molecule has 0 spiro atoms. The fraction of sp³-hybridized carbons (Fsp3) is 0.750. The summed E-state index contributed by atoms with van der Waals surface area (Å²) in [5.41, 5.74) is 2.40. The summed E-state index contributed by atoms with van der Waals surface area (Å²) in [5, 5.41) is 0. The first-order chi connectivity index (χ1) is 3.92. The summed E-state index contributed by atoms with van der Waals surface area (Å²) >= 11 is 0. The number of rotatable bonds is 2. The van der Waals surface area contributed by atoms with E-state index in [4.69, 9.17) is 0 Å². The van der Waals surface area contributed by atoms with Crippen LogP contribution in [0, 0.1) is 5.92 Å². The van der Waals surface area contributed by atoms with E-state index in [2.05, 4.69) is 45.3 Å². The molecule has 0 aromatic heterocycles. The zero-order valence-electron chi connectivity index (χ0n) is 7.23. The van der Waals surface area contributed by atoms with E-state index in [1.54, 1.807) is 0 Å². The molecule has 0 saturated carbocycles. The van der Waals surface area contributed by atoms with Gasteiger partial charge in [-0.1, -0.05) is 45.3 Å². The van der Waals surface area contributed by atoms with E-state index < -0.39 is 8.07 Å². The molecular weight excluding hydrogens is 124 g/mol. The Hall–Kier alpha value is -0.0431. The van der Waals surface area contributed by atoms with Gasteiger partial charge < -0.3 is 0 Å². The van der Waals surface area contributed by atoms with Crippen LogP contribution >= 0.6 is 0 Å². The summed E-state index contributed by atoms with van der Waals surface area (Å²) in [6, 6.07) is 0. The van der Waals surface area contributed by atoms with Crippen LogP contribution in [0.5, 0.6) is 0 Å². The highest BCUT2D eigenvalue weighted by atomic mass is 28.3. The Balaban J connectivity index is 3.71. The third-order valence-corrected chi connectivity index (χ3v) is 2.17. The molecule has 0 nitrogen and oxygen atoms in total. The van der Waals surface area contributed by atoms with Crippen LogP contribution in [-0.2, 0) is 0 Å². The summed E-state index contributed by atoms with van der Waals surface area (Å²) < 4.78 is 0. The second-order valence-corrected chi connectivity index (χ2v) is 9.03. The Morgan fingerprint density at radius 2 is 1.56 bits per heavy atom. The maximum absolute atomic E-state index is 2.40. The molecular formula is C8H18Si. The van der Waals surface area contributed by atoms with Crippen LogP contribution in [0.25, 0.3) is 0 Å². The summed E-state index contributed by atoms with van der Waals surface area (Å²) in [5.74, 6) is 0.719. The van der Waals surface area contributed by atoms with Crippen LogP contribution in [-0.4, -0.2) is 8.07 Å². The monoisotopic (exact) mass is 142 g/mol. The molecule has 0 aromatic rings. The van der Waals surface area contributed by atoms with Crippen molar-refractivity contribution in [1.82, 2.24) is 0 Å². The predicted octanol–water partition coefficient (Wildman–Crippen LogP) is 3.08. The normalized spacial score (nSPS) is 13.6. The van der Waals surface area contributed by atoms with Crippen LogP contribution in [0.1, 0.15) is 13.8 Å². The van der Waals surface area contributed by atoms with E-state index in [1.165, 1.54) is 0 Å². The van der Waals surface area contributed by atoms with E-state index in [1.807, 2.05) is 0 Å². The van der Waals surface area contributed by atoms with Crippen molar-refractivity contribution >= 4 is 8.07 Å². The topological polar surface area (TPSA) is 0 Å². The lowest BCUT2D eigenvalue weighted by Gasteiger charge is -2.08. The highest BCUT2D eigenvalue weighted by Crippen LogP contribution is 2.04. The summed E-state index contributed by atoms with van der Waals surface area (Å²) in [4.78, 5) is 0. The van der Waals surface area contributed by atoms with Gasteiger partial charge in [-0.2, -0.15) is 0 Å². The van der Waals surface area contributed by atoms with Crippen molar-refractivity contribution in [2.24, 2.45) is 5.92 Å². The Morgan fingerprint density at radius 3 is 1.67 bits per heavy atom. The fourth-order valence-electron chi connectivity index (χ4n) is 0.481. The molecule has 0 atom stereocenters. The molecule has 0 aliphatic heterocycles. The maximum atomic E-state index is 2.40. The van der Waals surface area contributed by atoms with Crippen molar-refractivity contribution < 1.29 is 0 Å². The molecule has 1 heteroatoms. The Labute approximate surface area is 60.0 Å². The van der Waals surface area contributed by atoms with Crippen LogP contribution in [0.15, 0.2) is 11.8 Å². The van der Waals surface area contributed by atoms with Gasteiger partial charge in [0.15, 0.2) is 0 Å². The Morgan fingerprint density at radius 1 is 1.11 bits per heavy atom. The molecule has 0 heterocycles. The van der Waals surface area contributed by atoms with Gasteiger partial charge in [0.1, 0.15) is 0 Å². The van der Waals surface area contributed by atoms with E-state index in [9.17, 15) is 0 Å². The van der Waals surface area contributed by atoms with Crippen LogP contribution in [0.2, 0.25) is 19.6 Å². The van der Waals surface area contributed by atoms with Crippen molar-refractivity contribution in [3.8, 4) is 0 Å². The fourth-order valence-corrected chi connectivity index (χ4v) is 1.44. The predicted molar refractivity (Wildman–Crippen MR) is 47.3 cm³/mol. The lowest BCUT2D eigenvalue weighted by molar-refractivity contribution is 0.833. The van der Waals surface area contributed by atoms with Gasteiger partial charge in [0.05, 0.1) is 8.07 Å².